The lowest BCUT2D eigenvalue weighted by Crippen LogP contribution is -1.88. The van der Waals surface area contributed by atoms with E-state index in [9.17, 15) is 0 Å². The van der Waals surface area contributed by atoms with Crippen molar-refractivity contribution in [2.75, 3.05) is 0 Å². The Morgan fingerprint density at radius 2 is 1.08 bits per heavy atom. The number of hydrogen-bond acceptors (Lipinski definition) is 1. The highest BCUT2D eigenvalue weighted by Gasteiger charge is 1.96. The van der Waals surface area contributed by atoms with Crippen molar-refractivity contribution in [3.05, 3.63) is 96.6 Å². The topological polar surface area (TPSA) is 9.23 Å². The fourth-order valence-electron chi connectivity index (χ4n) is 1.76. The molecule has 0 saturated heterocycles. The van der Waals surface area contributed by atoms with Gasteiger partial charge in [-0.3, -0.25) is 0 Å². The average molecular weight is 339 g/mol. The average Bonchev–Trinajstić information content (AvgIpc) is 2.62. The first-order valence-electron chi connectivity index (χ1n) is 9.28. The Morgan fingerprint density at radius 1 is 0.640 bits per heavy atom. The number of rotatable bonds is 12. The van der Waals surface area contributed by atoms with Gasteiger partial charge in [0.15, 0.2) is 0 Å². The summed E-state index contributed by atoms with van der Waals surface area (Å²) in [5.41, 5.74) is 0. The van der Waals surface area contributed by atoms with Gasteiger partial charge < -0.3 is 4.74 Å². The molecule has 0 amide bonds. The van der Waals surface area contributed by atoms with Crippen LogP contribution in [-0.2, 0) is 4.74 Å². The minimum Gasteiger partial charge on any atom is -0.457 e. The number of unbranched alkanes of at least 4 members (excludes halogenated alkanes) is 2. The lowest BCUT2D eigenvalue weighted by molar-refractivity contribution is 0.336. The number of allylic oxidation sites excluding steroid dienone is 14. The van der Waals surface area contributed by atoms with Gasteiger partial charge in [-0.25, -0.2) is 0 Å². The van der Waals surface area contributed by atoms with Crippen LogP contribution < -0.4 is 0 Å². The van der Waals surface area contributed by atoms with Crippen LogP contribution in [0.2, 0.25) is 0 Å². The molecule has 0 bridgehead atoms. The van der Waals surface area contributed by atoms with E-state index >= 15 is 0 Å². The van der Waals surface area contributed by atoms with Crippen LogP contribution in [0.5, 0.6) is 0 Å². The van der Waals surface area contributed by atoms with Crippen molar-refractivity contribution in [2.45, 2.75) is 53.4 Å². The molecule has 0 heterocycles. The molecule has 0 fully saturated rings. The van der Waals surface area contributed by atoms with E-state index in [1.54, 1.807) is 0 Å². The van der Waals surface area contributed by atoms with Gasteiger partial charge in [-0.1, -0.05) is 87.4 Å². The quantitative estimate of drug-likeness (QED) is 0.261. The molecule has 0 radical (unpaired) electrons. The molecule has 0 aromatic heterocycles. The van der Waals surface area contributed by atoms with E-state index in [1.165, 1.54) is 0 Å². The zero-order valence-corrected chi connectivity index (χ0v) is 16.3. The molecule has 0 spiro atoms. The Morgan fingerprint density at radius 3 is 1.44 bits per heavy atom. The van der Waals surface area contributed by atoms with Crippen molar-refractivity contribution in [3.63, 3.8) is 0 Å². The molecule has 0 aromatic rings. The highest BCUT2D eigenvalue weighted by Crippen LogP contribution is 2.11. The first-order chi connectivity index (χ1) is 12.3. The van der Waals surface area contributed by atoms with Gasteiger partial charge in [0.25, 0.3) is 0 Å². The maximum absolute atomic E-state index is 6.08. The van der Waals surface area contributed by atoms with Crippen LogP contribution in [-0.4, -0.2) is 0 Å². The van der Waals surface area contributed by atoms with E-state index in [-0.39, 0.29) is 0 Å². The van der Waals surface area contributed by atoms with Crippen LogP contribution >= 0.6 is 0 Å². The number of ether oxygens (including phenoxy) is 1. The van der Waals surface area contributed by atoms with Crippen LogP contribution in [0.15, 0.2) is 96.6 Å². The lowest BCUT2D eigenvalue weighted by atomic mass is 10.2. The summed E-state index contributed by atoms with van der Waals surface area (Å²) in [4.78, 5) is 0. The summed E-state index contributed by atoms with van der Waals surface area (Å²) in [6, 6.07) is 0. The third kappa shape index (κ3) is 15.0. The summed E-state index contributed by atoms with van der Waals surface area (Å²) in [7, 11) is 0. The molecule has 25 heavy (non-hydrogen) atoms. The SMILES string of the molecule is C/C=C/C=C/C(=C\C=C\CCC)OC(/C=C/C=C/C)=C/C=C/CCC. The van der Waals surface area contributed by atoms with E-state index in [0.717, 1.165) is 37.2 Å². The predicted molar refractivity (Wildman–Crippen MR) is 113 cm³/mol. The molecule has 0 unspecified atom stereocenters. The summed E-state index contributed by atoms with van der Waals surface area (Å²) in [6.45, 7) is 8.35. The molecule has 1 heteroatoms. The van der Waals surface area contributed by atoms with E-state index in [2.05, 4.69) is 38.2 Å². The molecule has 0 rings (SSSR count). The van der Waals surface area contributed by atoms with Gasteiger partial charge in [0.2, 0.25) is 0 Å². The minimum atomic E-state index is 0.811. The Labute approximate surface area is 155 Å². The van der Waals surface area contributed by atoms with E-state index in [4.69, 9.17) is 4.74 Å². The summed E-state index contributed by atoms with van der Waals surface area (Å²) >= 11 is 0. The van der Waals surface area contributed by atoms with Gasteiger partial charge in [0.05, 0.1) is 0 Å². The molecule has 0 aromatic carbocycles. The molecule has 0 aliphatic carbocycles. The van der Waals surface area contributed by atoms with Crippen molar-refractivity contribution in [1.29, 1.82) is 0 Å². The first kappa shape index (κ1) is 22.7. The van der Waals surface area contributed by atoms with Crippen molar-refractivity contribution in [2.24, 2.45) is 0 Å². The van der Waals surface area contributed by atoms with Gasteiger partial charge in [-0.05, 0) is 51.0 Å². The molecule has 0 aliphatic heterocycles. The van der Waals surface area contributed by atoms with Crippen LogP contribution in [0.3, 0.4) is 0 Å². The third-order valence-electron chi connectivity index (χ3n) is 3.07. The molecular weight excluding hydrogens is 304 g/mol. The minimum absolute atomic E-state index is 0.811. The van der Waals surface area contributed by atoms with E-state index < -0.39 is 0 Å². The van der Waals surface area contributed by atoms with Gasteiger partial charge in [0.1, 0.15) is 11.5 Å². The second-order valence-electron chi connectivity index (χ2n) is 5.44. The Bertz CT molecular complexity index is 499. The summed E-state index contributed by atoms with van der Waals surface area (Å²) in [5.74, 6) is 1.62. The fourth-order valence-corrected chi connectivity index (χ4v) is 1.76. The fraction of sp³-hybridized carbons (Fsp3) is 0.333. The molecule has 0 atom stereocenters. The molecular formula is C24H34O. The molecule has 1 nitrogen and oxygen atoms in total. The smallest absolute Gasteiger partial charge is 0.127 e. The van der Waals surface area contributed by atoms with E-state index in [0.29, 0.717) is 0 Å². The second kappa shape index (κ2) is 18.1. The molecule has 136 valence electrons. The highest BCUT2D eigenvalue weighted by atomic mass is 16.5. The first-order valence-corrected chi connectivity index (χ1v) is 9.28. The van der Waals surface area contributed by atoms with Gasteiger partial charge in [-0.2, -0.15) is 0 Å². The Balaban J connectivity index is 5.31. The third-order valence-corrected chi connectivity index (χ3v) is 3.07. The van der Waals surface area contributed by atoms with Crippen LogP contribution in [0.25, 0.3) is 0 Å². The molecule has 0 aliphatic rings. The Kier molecular flexibility index (Phi) is 16.4. The lowest BCUT2D eigenvalue weighted by Gasteiger charge is -2.06. The van der Waals surface area contributed by atoms with Crippen molar-refractivity contribution < 1.29 is 4.74 Å². The van der Waals surface area contributed by atoms with Crippen LogP contribution in [0.4, 0.5) is 0 Å². The van der Waals surface area contributed by atoms with Crippen LogP contribution in [0, 0.1) is 0 Å². The van der Waals surface area contributed by atoms with Gasteiger partial charge in [-0.15, -0.1) is 0 Å². The monoisotopic (exact) mass is 338 g/mol. The second-order valence-corrected chi connectivity index (χ2v) is 5.44. The number of hydrogen-bond donors (Lipinski definition) is 0. The van der Waals surface area contributed by atoms with Gasteiger partial charge >= 0.3 is 0 Å². The van der Waals surface area contributed by atoms with Crippen molar-refractivity contribution in [3.8, 4) is 0 Å². The molecule has 0 saturated carbocycles. The van der Waals surface area contributed by atoms with Crippen molar-refractivity contribution in [1.82, 2.24) is 0 Å². The van der Waals surface area contributed by atoms with Crippen molar-refractivity contribution >= 4 is 0 Å². The van der Waals surface area contributed by atoms with Gasteiger partial charge in [0, 0.05) is 0 Å². The van der Waals surface area contributed by atoms with E-state index in [1.807, 2.05) is 74.6 Å². The molecule has 0 N–H and O–H groups in total. The predicted octanol–water partition coefficient (Wildman–Crippen LogP) is 7.75. The van der Waals surface area contributed by atoms with Crippen LogP contribution in [0.1, 0.15) is 53.4 Å². The zero-order chi connectivity index (χ0) is 18.6. The Hall–Kier alpha value is -2.28. The maximum Gasteiger partial charge on any atom is 0.127 e. The summed E-state index contributed by atoms with van der Waals surface area (Å²) in [5, 5.41) is 0. The standard InChI is InChI=1S/C24H34O/c1-5-9-13-17-21-23(19-15-11-7-3)25-24(20-16-12-8-4)22-18-14-10-6-2/h7-8,11-22H,5-6,9-10H2,1-4H3/b11-7+,12-8+,17-13+,18-14+,19-15+,20-16+,23-21+,24-22+. The summed E-state index contributed by atoms with van der Waals surface area (Å²) < 4.78 is 6.08. The summed E-state index contributed by atoms with van der Waals surface area (Å²) in [6.07, 6.45) is 32.8. The maximum atomic E-state index is 6.08. The normalized spacial score (nSPS) is 14.6. The highest BCUT2D eigenvalue weighted by molar-refractivity contribution is 5.28. The zero-order valence-electron chi connectivity index (χ0n) is 16.3. The largest absolute Gasteiger partial charge is 0.457 e.